The van der Waals surface area contributed by atoms with Crippen LogP contribution in [0.25, 0.3) is 0 Å². The number of carbonyl (C=O) groups is 1. The van der Waals surface area contributed by atoms with Crippen LogP contribution < -0.4 is 5.32 Å². The van der Waals surface area contributed by atoms with Gasteiger partial charge in [0.15, 0.2) is 12.1 Å². The molecule has 1 saturated carbocycles. The largest absolute Gasteiger partial charge is 0.452 e. The Kier molecular flexibility index (Phi) is 4.29. The summed E-state index contributed by atoms with van der Waals surface area (Å²) in [6.45, 7) is 1.70. The van der Waals surface area contributed by atoms with E-state index in [2.05, 4.69) is 24.9 Å². The van der Waals surface area contributed by atoms with Gasteiger partial charge in [0, 0.05) is 19.4 Å². The minimum absolute atomic E-state index is 0.218. The molecule has 0 bridgehead atoms. The van der Waals surface area contributed by atoms with Gasteiger partial charge in [-0.1, -0.05) is 0 Å². The van der Waals surface area contributed by atoms with Crippen molar-refractivity contribution in [2.24, 2.45) is 5.92 Å². The molecule has 2 heterocycles. The second-order valence-electron chi connectivity index (χ2n) is 5.80. The van der Waals surface area contributed by atoms with Gasteiger partial charge in [-0.3, -0.25) is 4.79 Å². The first-order valence-corrected chi connectivity index (χ1v) is 7.43. The highest BCUT2D eigenvalue weighted by molar-refractivity contribution is 5.93. The maximum absolute atomic E-state index is 12.7. The number of hydrogen-bond acceptors (Lipinski definition) is 6. The summed E-state index contributed by atoms with van der Waals surface area (Å²) in [7, 11) is 0. The molecule has 0 aliphatic heterocycles. The van der Waals surface area contributed by atoms with E-state index in [1.165, 1.54) is 0 Å². The van der Waals surface area contributed by atoms with E-state index in [-0.39, 0.29) is 12.0 Å². The Morgan fingerprint density at radius 1 is 1.38 bits per heavy atom. The second-order valence-corrected chi connectivity index (χ2v) is 5.80. The van der Waals surface area contributed by atoms with E-state index in [4.69, 9.17) is 4.42 Å². The molecule has 1 aliphatic carbocycles. The van der Waals surface area contributed by atoms with Crippen molar-refractivity contribution in [3.8, 4) is 0 Å². The number of hydrogen-bond donors (Lipinski definition) is 1. The zero-order valence-electron chi connectivity index (χ0n) is 12.8. The Morgan fingerprint density at radius 3 is 2.83 bits per heavy atom. The predicted octanol–water partition coefficient (Wildman–Crippen LogP) is 2.53. The minimum atomic E-state index is -4.75. The fourth-order valence-electron chi connectivity index (χ4n) is 2.92. The van der Waals surface area contributed by atoms with Crippen LogP contribution in [0, 0.1) is 12.8 Å². The topological polar surface area (TPSA) is 94.1 Å². The maximum Gasteiger partial charge on any atom is 0.452 e. The summed E-state index contributed by atoms with van der Waals surface area (Å²) in [5, 5.41) is 10.3. The highest BCUT2D eigenvalue weighted by Crippen LogP contribution is 2.32. The SMILES string of the molecule is Cc1nnc(C[C@@H]2CC[C@H](NC(=O)c3ncoc3C(F)(F)F)C2)o1. The van der Waals surface area contributed by atoms with Crippen LogP contribution in [-0.2, 0) is 12.6 Å². The molecule has 0 spiro atoms. The number of rotatable bonds is 4. The lowest BCUT2D eigenvalue weighted by Crippen LogP contribution is -2.34. The molecule has 1 fully saturated rings. The molecule has 24 heavy (non-hydrogen) atoms. The van der Waals surface area contributed by atoms with Crippen LogP contribution in [0.15, 0.2) is 15.2 Å². The lowest BCUT2D eigenvalue weighted by Gasteiger charge is -2.12. The highest BCUT2D eigenvalue weighted by Gasteiger charge is 2.41. The fourth-order valence-corrected chi connectivity index (χ4v) is 2.92. The molecule has 2 aromatic heterocycles. The Balaban J connectivity index is 1.57. The Morgan fingerprint density at radius 2 is 2.17 bits per heavy atom. The molecule has 10 heteroatoms. The van der Waals surface area contributed by atoms with Crippen molar-refractivity contribution in [1.29, 1.82) is 0 Å². The third-order valence-corrected chi connectivity index (χ3v) is 3.95. The lowest BCUT2D eigenvalue weighted by molar-refractivity contribution is -0.153. The van der Waals surface area contributed by atoms with Crippen molar-refractivity contribution >= 4 is 5.91 Å². The fraction of sp³-hybridized carbons (Fsp3) is 0.571. The monoisotopic (exact) mass is 344 g/mol. The average molecular weight is 344 g/mol. The lowest BCUT2D eigenvalue weighted by atomic mass is 10.0. The molecule has 2 aromatic rings. The van der Waals surface area contributed by atoms with Crippen molar-refractivity contribution in [1.82, 2.24) is 20.5 Å². The standard InChI is InChI=1S/C14H15F3N4O3/c1-7-20-21-10(24-7)5-8-2-3-9(4-8)19-13(22)11-12(14(15,16)17)23-6-18-11/h6,8-9H,2-5H2,1H3,(H,19,22)/t8-,9+/m1/s1. The Bertz CT molecular complexity index is 725. The van der Waals surface area contributed by atoms with E-state index < -0.39 is 23.5 Å². The van der Waals surface area contributed by atoms with Crippen molar-refractivity contribution in [2.75, 3.05) is 0 Å². The molecule has 1 aliphatic rings. The summed E-state index contributed by atoms with van der Waals surface area (Å²) in [5.74, 6) is -1.01. The number of oxazole rings is 1. The van der Waals surface area contributed by atoms with Gasteiger partial charge in [0.25, 0.3) is 5.91 Å². The van der Waals surface area contributed by atoms with Crippen LogP contribution in [0.4, 0.5) is 13.2 Å². The quantitative estimate of drug-likeness (QED) is 0.916. The number of nitrogens with zero attached hydrogens (tertiary/aromatic N) is 3. The van der Waals surface area contributed by atoms with E-state index in [1.54, 1.807) is 6.92 Å². The number of halogens is 3. The summed E-state index contributed by atoms with van der Waals surface area (Å²) in [5.41, 5.74) is -0.738. The molecule has 0 radical (unpaired) electrons. The van der Waals surface area contributed by atoms with Crippen molar-refractivity contribution in [2.45, 2.75) is 44.8 Å². The number of aromatic nitrogens is 3. The van der Waals surface area contributed by atoms with Gasteiger partial charge in [0.2, 0.25) is 17.5 Å². The third kappa shape index (κ3) is 3.57. The summed E-state index contributed by atoms with van der Waals surface area (Å²) < 4.78 is 47.8. The van der Waals surface area contributed by atoms with Crippen LogP contribution in [0.2, 0.25) is 0 Å². The molecular weight excluding hydrogens is 329 g/mol. The molecular formula is C14H15F3N4O3. The molecule has 0 saturated heterocycles. The van der Waals surface area contributed by atoms with Crippen molar-refractivity contribution in [3.05, 3.63) is 29.6 Å². The van der Waals surface area contributed by atoms with E-state index in [9.17, 15) is 18.0 Å². The van der Waals surface area contributed by atoms with E-state index in [0.29, 0.717) is 37.4 Å². The van der Waals surface area contributed by atoms with Crippen LogP contribution in [0.1, 0.15) is 47.3 Å². The van der Waals surface area contributed by atoms with Gasteiger partial charge in [-0.25, -0.2) is 4.98 Å². The van der Waals surface area contributed by atoms with Gasteiger partial charge in [0.05, 0.1) is 0 Å². The number of carbonyl (C=O) groups excluding carboxylic acids is 1. The first-order chi connectivity index (χ1) is 11.3. The van der Waals surface area contributed by atoms with Crippen molar-refractivity contribution < 1.29 is 26.8 Å². The van der Waals surface area contributed by atoms with Gasteiger partial charge in [-0.05, 0) is 25.2 Å². The predicted molar refractivity (Wildman–Crippen MR) is 72.8 cm³/mol. The average Bonchev–Trinajstić information content (AvgIpc) is 3.19. The van der Waals surface area contributed by atoms with Crippen molar-refractivity contribution in [3.63, 3.8) is 0 Å². The van der Waals surface area contributed by atoms with Gasteiger partial charge in [-0.2, -0.15) is 13.2 Å². The van der Waals surface area contributed by atoms with E-state index in [0.717, 1.165) is 6.42 Å². The van der Waals surface area contributed by atoms with Gasteiger partial charge in [-0.15, -0.1) is 10.2 Å². The molecule has 7 nitrogen and oxygen atoms in total. The zero-order valence-corrected chi connectivity index (χ0v) is 12.8. The number of alkyl halides is 3. The van der Waals surface area contributed by atoms with Gasteiger partial charge >= 0.3 is 6.18 Å². The van der Waals surface area contributed by atoms with Crippen LogP contribution in [0.3, 0.4) is 0 Å². The maximum atomic E-state index is 12.7. The third-order valence-electron chi connectivity index (χ3n) is 3.95. The summed E-state index contributed by atoms with van der Waals surface area (Å²) in [6, 6.07) is -0.218. The normalized spacial score (nSPS) is 21.2. The molecule has 1 amide bonds. The molecule has 3 rings (SSSR count). The van der Waals surface area contributed by atoms with E-state index >= 15 is 0 Å². The Hall–Kier alpha value is -2.39. The first-order valence-electron chi connectivity index (χ1n) is 7.43. The molecule has 2 atom stereocenters. The van der Waals surface area contributed by atoms with Gasteiger partial charge in [0.1, 0.15) is 0 Å². The highest BCUT2D eigenvalue weighted by atomic mass is 19.4. The van der Waals surface area contributed by atoms with Crippen LogP contribution in [-0.4, -0.2) is 27.1 Å². The summed E-state index contributed by atoms with van der Waals surface area (Å²) >= 11 is 0. The van der Waals surface area contributed by atoms with Crippen LogP contribution in [0.5, 0.6) is 0 Å². The molecule has 130 valence electrons. The molecule has 0 aromatic carbocycles. The van der Waals surface area contributed by atoms with E-state index in [1.807, 2.05) is 0 Å². The summed E-state index contributed by atoms with van der Waals surface area (Å²) in [4.78, 5) is 15.4. The smallest absolute Gasteiger partial charge is 0.438 e. The molecule has 1 N–H and O–H groups in total. The number of aryl methyl sites for hydroxylation is 1. The Labute approximate surface area is 134 Å². The minimum Gasteiger partial charge on any atom is -0.438 e. The van der Waals surface area contributed by atoms with Gasteiger partial charge < -0.3 is 14.2 Å². The van der Waals surface area contributed by atoms with Crippen LogP contribution >= 0.6 is 0 Å². The first kappa shape index (κ1) is 16.5. The zero-order chi connectivity index (χ0) is 17.3. The second kappa shape index (κ2) is 6.25. The number of nitrogens with one attached hydrogen (secondary N) is 1. The summed E-state index contributed by atoms with van der Waals surface area (Å²) in [6.07, 6.45) is -1.43. The number of amides is 1. The molecule has 0 unspecified atom stereocenters.